The molecule has 1 atom stereocenters. The monoisotopic (exact) mass is 478 g/mol. The molecule has 3 heterocycles. The molecular weight excluding hydrogens is 444 g/mol. The number of benzene rings is 1. The van der Waals surface area contributed by atoms with Crippen molar-refractivity contribution in [1.29, 1.82) is 0 Å². The Morgan fingerprint density at radius 3 is 2.52 bits per heavy atom. The fraction of sp³-hybridized carbons (Fsp3) is 0.667. The number of carbonyl (C=O) groups is 2. The number of anilines is 1. The van der Waals surface area contributed by atoms with Crippen molar-refractivity contribution in [3.8, 4) is 5.75 Å². The highest BCUT2D eigenvalue weighted by Crippen LogP contribution is 2.29. The molecule has 4 rings (SSSR count). The van der Waals surface area contributed by atoms with Gasteiger partial charge in [0, 0.05) is 51.4 Å². The van der Waals surface area contributed by atoms with Crippen molar-refractivity contribution in [2.45, 2.75) is 50.7 Å². The predicted molar refractivity (Wildman–Crippen MR) is 128 cm³/mol. The minimum atomic E-state index is -0.208. The molecule has 3 N–H and O–H groups in total. The summed E-state index contributed by atoms with van der Waals surface area (Å²) in [6, 6.07) is 3.27. The number of nitrogens with two attached hydrogens (primary N) is 1. The van der Waals surface area contributed by atoms with Gasteiger partial charge in [-0.15, -0.1) is 0 Å². The van der Waals surface area contributed by atoms with Crippen molar-refractivity contribution < 1.29 is 19.1 Å². The molecule has 1 aromatic carbocycles. The van der Waals surface area contributed by atoms with Gasteiger partial charge >= 0.3 is 0 Å². The van der Waals surface area contributed by atoms with Crippen LogP contribution in [0.15, 0.2) is 12.1 Å². The Labute approximate surface area is 200 Å². The quantitative estimate of drug-likeness (QED) is 0.610. The third-order valence-electron chi connectivity index (χ3n) is 7.13. The van der Waals surface area contributed by atoms with Crippen molar-refractivity contribution in [1.82, 2.24) is 15.1 Å². The molecule has 3 aliphatic heterocycles. The second kappa shape index (κ2) is 10.9. The number of ether oxygens (including phenoxy) is 2. The van der Waals surface area contributed by atoms with Crippen molar-refractivity contribution in [3.05, 3.63) is 22.7 Å². The van der Waals surface area contributed by atoms with Crippen LogP contribution in [0.3, 0.4) is 0 Å². The molecule has 2 amide bonds. The fourth-order valence-corrected chi connectivity index (χ4v) is 5.28. The maximum Gasteiger partial charge on any atom is 0.255 e. The zero-order valence-corrected chi connectivity index (χ0v) is 20.1. The number of nitrogens with one attached hydrogen (secondary N) is 1. The largest absolute Gasteiger partial charge is 0.496 e. The second-order valence-electron chi connectivity index (χ2n) is 9.39. The number of nitrogens with zero attached hydrogens (tertiary/aromatic N) is 2. The number of hydrogen-bond donors (Lipinski definition) is 2. The van der Waals surface area contributed by atoms with E-state index in [1.54, 1.807) is 12.1 Å². The lowest BCUT2D eigenvalue weighted by molar-refractivity contribution is -0.142. The minimum absolute atomic E-state index is 0.126. The number of amides is 2. The summed E-state index contributed by atoms with van der Waals surface area (Å²) in [5, 5.41) is 3.47. The van der Waals surface area contributed by atoms with Crippen LogP contribution in [-0.4, -0.2) is 80.2 Å². The van der Waals surface area contributed by atoms with E-state index in [1.807, 2.05) is 4.90 Å². The molecule has 0 bridgehead atoms. The summed E-state index contributed by atoms with van der Waals surface area (Å²) in [6.07, 6.45) is 5.56. The highest BCUT2D eigenvalue weighted by Gasteiger charge is 2.32. The highest BCUT2D eigenvalue weighted by molar-refractivity contribution is 6.33. The first-order chi connectivity index (χ1) is 15.9. The lowest BCUT2D eigenvalue weighted by Crippen LogP contribution is -2.48. The van der Waals surface area contributed by atoms with Gasteiger partial charge in [0.2, 0.25) is 0 Å². The van der Waals surface area contributed by atoms with Gasteiger partial charge in [0.05, 0.1) is 23.4 Å². The van der Waals surface area contributed by atoms with Crippen LogP contribution in [0.2, 0.25) is 5.02 Å². The summed E-state index contributed by atoms with van der Waals surface area (Å²) >= 11 is 6.11. The van der Waals surface area contributed by atoms with Crippen LogP contribution >= 0.6 is 11.6 Å². The summed E-state index contributed by atoms with van der Waals surface area (Å²) in [7, 11) is 1.51. The van der Waals surface area contributed by atoms with Gasteiger partial charge in [-0.2, -0.15) is 0 Å². The average molecular weight is 479 g/mol. The Balaban J connectivity index is 1.19. The molecule has 8 nitrogen and oxygen atoms in total. The van der Waals surface area contributed by atoms with Crippen LogP contribution in [-0.2, 0) is 9.53 Å². The smallest absolute Gasteiger partial charge is 0.255 e. The third-order valence-corrected chi connectivity index (χ3v) is 7.46. The van der Waals surface area contributed by atoms with Crippen molar-refractivity contribution >= 4 is 29.1 Å². The maximum absolute atomic E-state index is 12.8. The van der Waals surface area contributed by atoms with E-state index < -0.39 is 0 Å². The molecule has 0 aromatic heterocycles. The van der Waals surface area contributed by atoms with E-state index in [1.165, 1.54) is 7.11 Å². The van der Waals surface area contributed by atoms with Gasteiger partial charge in [0.1, 0.15) is 11.9 Å². The van der Waals surface area contributed by atoms with Crippen molar-refractivity contribution in [2.75, 3.05) is 52.2 Å². The normalized spacial score (nSPS) is 23.0. The molecule has 3 fully saturated rings. The van der Waals surface area contributed by atoms with Crippen LogP contribution in [0.1, 0.15) is 48.9 Å². The number of carbonyl (C=O) groups excluding carboxylic acids is 2. The van der Waals surface area contributed by atoms with E-state index in [-0.39, 0.29) is 24.0 Å². The van der Waals surface area contributed by atoms with Gasteiger partial charge in [0.25, 0.3) is 11.8 Å². The van der Waals surface area contributed by atoms with Crippen LogP contribution in [0.5, 0.6) is 5.75 Å². The molecule has 0 unspecified atom stereocenters. The lowest BCUT2D eigenvalue weighted by atomic mass is 9.94. The number of methoxy groups -OCH3 is 1. The molecule has 33 heavy (non-hydrogen) atoms. The summed E-state index contributed by atoms with van der Waals surface area (Å²) < 4.78 is 10.9. The molecule has 0 saturated carbocycles. The first-order valence-corrected chi connectivity index (χ1v) is 12.4. The zero-order chi connectivity index (χ0) is 23.4. The van der Waals surface area contributed by atoms with E-state index in [2.05, 4.69) is 10.2 Å². The standard InChI is InChI=1S/C24H35ClN4O4/c1-32-22-14-20(26)19(25)13-18(22)23(30)27-17-6-8-28(9-7-17)15-16-4-10-29(11-5-16)24(31)21-3-2-12-33-21/h13-14,16-17,21H,2-12,15,26H2,1H3,(H,27,30)/t21-/m0/s1. The lowest BCUT2D eigenvalue weighted by Gasteiger charge is -2.38. The fourth-order valence-electron chi connectivity index (χ4n) is 5.12. The molecule has 3 aliphatic rings. The third kappa shape index (κ3) is 5.91. The molecular formula is C24H35ClN4O4. The number of halogens is 1. The number of rotatable bonds is 6. The van der Waals surface area contributed by atoms with Crippen LogP contribution < -0.4 is 15.8 Å². The molecule has 1 aromatic rings. The van der Waals surface area contributed by atoms with E-state index in [0.717, 1.165) is 71.2 Å². The average Bonchev–Trinajstić information content (AvgIpc) is 3.37. The van der Waals surface area contributed by atoms with E-state index >= 15 is 0 Å². The van der Waals surface area contributed by atoms with E-state index in [0.29, 0.717) is 34.5 Å². The summed E-state index contributed by atoms with van der Waals surface area (Å²) in [5.74, 6) is 1.04. The van der Waals surface area contributed by atoms with Gasteiger partial charge in [-0.05, 0) is 50.5 Å². The number of piperidine rings is 2. The van der Waals surface area contributed by atoms with E-state index in [9.17, 15) is 9.59 Å². The summed E-state index contributed by atoms with van der Waals surface area (Å²) in [4.78, 5) is 29.8. The Morgan fingerprint density at radius 1 is 1.15 bits per heavy atom. The van der Waals surface area contributed by atoms with Gasteiger partial charge in [-0.1, -0.05) is 11.6 Å². The van der Waals surface area contributed by atoms with E-state index in [4.69, 9.17) is 26.8 Å². The first kappa shape index (κ1) is 24.1. The number of likely N-dealkylation sites (tertiary alicyclic amines) is 2. The molecule has 0 radical (unpaired) electrons. The molecule has 182 valence electrons. The maximum atomic E-state index is 12.8. The van der Waals surface area contributed by atoms with Gasteiger partial charge in [0.15, 0.2) is 0 Å². The van der Waals surface area contributed by atoms with Crippen LogP contribution in [0.25, 0.3) is 0 Å². The summed E-state index contributed by atoms with van der Waals surface area (Å²) in [5.41, 5.74) is 6.61. The Kier molecular flexibility index (Phi) is 7.98. The predicted octanol–water partition coefficient (Wildman–Crippen LogP) is 2.54. The Morgan fingerprint density at radius 2 is 1.88 bits per heavy atom. The van der Waals surface area contributed by atoms with Gasteiger partial charge in [-0.25, -0.2) is 0 Å². The molecule has 3 saturated heterocycles. The second-order valence-corrected chi connectivity index (χ2v) is 9.80. The Bertz CT molecular complexity index is 845. The highest BCUT2D eigenvalue weighted by atomic mass is 35.5. The Hall–Kier alpha value is -2.03. The first-order valence-electron chi connectivity index (χ1n) is 12.0. The zero-order valence-electron chi connectivity index (χ0n) is 19.4. The molecule has 0 aliphatic carbocycles. The summed E-state index contributed by atoms with van der Waals surface area (Å²) in [6.45, 7) is 5.36. The van der Waals surface area contributed by atoms with Gasteiger partial charge < -0.3 is 30.3 Å². The van der Waals surface area contributed by atoms with Crippen molar-refractivity contribution in [2.24, 2.45) is 5.92 Å². The molecule has 9 heteroatoms. The topological polar surface area (TPSA) is 97.1 Å². The van der Waals surface area contributed by atoms with Crippen LogP contribution in [0, 0.1) is 5.92 Å². The molecule has 0 spiro atoms. The number of nitrogen functional groups attached to an aromatic ring is 1. The van der Waals surface area contributed by atoms with Crippen LogP contribution in [0.4, 0.5) is 5.69 Å². The van der Waals surface area contributed by atoms with Crippen molar-refractivity contribution in [3.63, 3.8) is 0 Å². The minimum Gasteiger partial charge on any atom is -0.496 e. The number of hydrogen-bond acceptors (Lipinski definition) is 6. The SMILES string of the molecule is COc1cc(N)c(Cl)cc1C(=O)NC1CCN(CC2CCN(C(=O)[C@@H]3CCCO3)CC2)CC1. The van der Waals surface area contributed by atoms with Gasteiger partial charge in [-0.3, -0.25) is 9.59 Å².